The summed E-state index contributed by atoms with van der Waals surface area (Å²) in [5, 5.41) is 2.23. The minimum absolute atomic E-state index is 0.312. The molecule has 0 saturated carbocycles. The Kier molecular flexibility index (Phi) is 4.29. The molecule has 0 N–H and O–H groups in total. The number of methoxy groups -OCH3 is 1. The van der Waals surface area contributed by atoms with Gasteiger partial charge in [-0.2, -0.15) is 0 Å². The number of aromatic nitrogens is 1. The highest BCUT2D eigenvalue weighted by Gasteiger charge is 2.15. The van der Waals surface area contributed by atoms with Gasteiger partial charge < -0.3 is 9.30 Å². The van der Waals surface area contributed by atoms with Crippen LogP contribution < -0.4 is 0 Å². The Morgan fingerprint density at radius 3 is 2.54 bits per heavy atom. The van der Waals surface area contributed by atoms with E-state index in [4.69, 9.17) is 4.74 Å². The molecule has 130 valence electrons. The third kappa shape index (κ3) is 2.80. The molecule has 0 aliphatic rings. The van der Waals surface area contributed by atoms with Crippen molar-refractivity contribution in [3.8, 4) is 0 Å². The molecule has 0 saturated heterocycles. The van der Waals surface area contributed by atoms with Crippen molar-refractivity contribution in [3.63, 3.8) is 0 Å². The Bertz CT molecular complexity index is 1130. The molecule has 0 atom stereocenters. The van der Waals surface area contributed by atoms with E-state index < -0.39 is 0 Å². The molecule has 1 heterocycles. The zero-order valence-corrected chi connectivity index (χ0v) is 16.2. The number of carbonyl (C=O) groups excluding carboxylic acids is 1. The summed E-state index contributed by atoms with van der Waals surface area (Å²) in [4.78, 5) is 12.0. The van der Waals surface area contributed by atoms with Crippen LogP contribution in [-0.4, -0.2) is 17.6 Å². The van der Waals surface area contributed by atoms with Gasteiger partial charge in [0, 0.05) is 27.3 Å². The molecule has 3 nitrogen and oxygen atoms in total. The molecule has 4 rings (SSSR count). The van der Waals surface area contributed by atoms with Crippen molar-refractivity contribution in [2.75, 3.05) is 7.11 Å². The maximum absolute atomic E-state index is 12.0. The van der Waals surface area contributed by atoms with Gasteiger partial charge in [0.2, 0.25) is 0 Å². The van der Waals surface area contributed by atoms with Crippen molar-refractivity contribution >= 4 is 43.7 Å². The van der Waals surface area contributed by atoms with E-state index in [2.05, 4.69) is 69.9 Å². The fourth-order valence-corrected chi connectivity index (χ4v) is 3.79. The summed E-state index contributed by atoms with van der Waals surface area (Å²) in [6.45, 7) is 2.90. The largest absolute Gasteiger partial charge is 0.465 e. The molecular formula is C22H18BrNO2. The first kappa shape index (κ1) is 16.9. The fraction of sp³-hybridized carbons (Fsp3) is 0.136. The highest BCUT2D eigenvalue weighted by atomic mass is 79.9. The van der Waals surface area contributed by atoms with Crippen LogP contribution in [0.5, 0.6) is 0 Å². The average Bonchev–Trinajstić information content (AvgIpc) is 2.97. The Morgan fingerprint density at radius 2 is 1.81 bits per heavy atom. The molecule has 0 aliphatic heterocycles. The van der Waals surface area contributed by atoms with Gasteiger partial charge in [0.15, 0.2) is 0 Å². The maximum atomic E-state index is 12.0. The SMILES string of the molecule is COC(=O)c1ccc2c(c1)c1cccc(C)c1n2Cc1ccc(Br)cc1. The van der Waals surface area contributed by atoms with Crippen LogP contribution >= 0.6 is 15.9 Å². The van der Waals surface area contributed by atoms with Crippen molar-refractivity contribution in [2.45, 2.75) is 13.5 Å². The first-order valence-corrected chi connectivity index (χ1v) is 9.22. The van der Waals surface area contributed by atoms with Gasteiger partial charge in [-0.1, -0.05) is 46.3 Å². The molecular weight excluding hydrogens is 390 g/mol. The number of nitrogens with zero attached hydrogens (tertiary/aromatic N) is 1. The lowest BCUT2D eigenvalue weighted by molar-refractivity contribution is 0.0601. The normalized spacial score (nSPS) is 11.2. The van der Waals surface area contributed by atoms with E-state index in [0.29, 0.717) is 5.56 Å². The van der Waals surface area contributed by atoms with Crippen molar-refractivity contribution < 1.29 is 9.53 Å². The molecule has 0 unspecified atom stereocenters. The molecule has 0 amide bonds. The van der Waals surface area contributed by atoms with Gasteiger partial charge in [0.1, 0.15) is 0 Å². The number of aryl methyl sites for hydroxylation is 1. The van der Waals surface area contributed by atoms with Crippen molar-refractivity contribution in [3.05, 3.63) is 81.8 Å². The number of rotatable bonds is 3. The number of hydrogen-bond donors (Lipinski definition) is 0. The van der Waals surface area contributed by atoms with Gasteiger partial charge in [-0.3, -0.25) is 0 Å². The van der Waals surface area contributed by atoms with Gasteiger partial charge in [-0.15, -0.1) is 0 Å². The van der Waals surface area contributed by atoms with E-state index in [1.165, 1.54) is 23.8 Å². The summed E-state index contributed by atoms with van der Waals surface area (Å²) in [7, 11) is 1.41. The Hall–Kier alpha value is -2.59. The summed E-state index contributed by atoms with van der Waals surface area (Å²) in [5.74, 6) is -0.312. The van der Waals surface area contributed by atoms with E-state index in [1.807, 2.05) is 18.2 Å². The standard InChI is InChI=1S/C22H18BrNO2/c1-14-4-3-5-18-19-12-16(22(25)26-2)8-11-20(19)24(21(14)18)13-15-6-9-17(23)10-7-15/h3-12H,13H2,1-2H3. The maximum Gasteiger partial charge on any atom is 0.337 e. The number of esters is 1. The Balaban J connectivity index is 1.97. The number of carbonyl (C=O) groups is 1. The quantitative estimate of drug-likeness (QED) is 0.407. The lowest BCUT2D eigenvalue weighted by Gasteiger charge is -2.10. The molecule has 0 bridgehead atoms. The number of para-hydroxylation sites is 1. The molecule has 0 radical (unpaired) electrons. The predicted molar refractivity (Wildman–Crippen MR) is 109 cm³/mol. The molecule has 4 heteroatoms. The van der Waals surface area contributed by atoms with E-state index in [9.17, 15) is 4.79 Å². The second-order valence-electron chi connectivity index (χ2n) is 6.41. The van der Waals surface area contributed by atoms with Crippen molar-refractivity contribution in [1.29, 1.82) is 0 Å². The van der Waals surface area contributed by atoms with Crippen LogP contribution in [0.4, 0.5) is 0 Å². The fourth-order valence-electron chi connectivity index (χ4n) is 3.52. The second kappa shape index (κ2) is 6.61. The van der Waals surface area contributed by atoms with Crippen molar-refractivity contribution in [2.24, 2.45) is 0 Å². The topological polar surface area (TPSA) is 31.2 Å². The van der Waals surface area contributed by atoms with Gasteiger partial charge in [-0.05, 0) is 48.4 Å². The first-order valence-electron chi connectivity index (χ1n) is 8.43. The predicted octanol–water partition coefficient (Wildman–Crippen LogP) is 5.70. The van der Waals surface area contributed by atoms with Gasteiger partial charge in [0.25, 0.3) is 0 Å². The molecule has 1 aromatic heterocycles. The third-order valence-electron chi connectivity index (χ3n) is 4.76. The summed E-state index contributed by atoms with van der Waals surface area (Å²) < 4.78 is 8.28. The molecule has 0 aliphatic carbocycles. The number of fused-ring (bicyclic) bond motifs is 3. The molecule has 4 aromatic rings. The van der Waals surface area contributed by atoms with Gasteiger partial charge in [0.05, 0.1) is 18.2 Å². The molecule has 0 spiro atoms. The Morgan fingerprint density at radius 1 is 1.04 bits per heavy atom. The van der Waals surface area contributed by atoms with Crippen LogP contribution in [0, 0.1) is 6.92 Å². The van der Waals surface area contributed by atoms with E-state index in [1.54, 1.807) is 0 Å². The first-order chi connectivity index (χ1) is 12.6. The average molecular weight is 408 g/mol. The summed E-state index contributed by atoms with van der Waals surface area (Å²) in [6, 6.07) is 20.5. The molecule has 3 aromatic carbocycles. The zero-order chi connectivity index (χ0) is 18.3. The summed E-state index contributed by atoms with van der Waals surface area (Å²) in [6.07, 6.45) is 0. The zero-order valence-electron chi connectivity index (χ0n) is 14.6. The minimum Gasteiger partial charge on any atom is -0.465 e. The highest BCUT2D eigenvalue weighted by molar-refractivity contribution is 9.10. The van der Waals surface area contributed by atoms with Crippen molar-refractivity contribution in [1.82, 2.24) is 4.57 Å². The van der Waals surface area contributed by atoms with E-state index >= 15 is 0 Å². The van der Waals surface area contributed by atoms with Crippen LogP contribution in [0.2, 0.25) is 0 Å². The number of benzene rings is 3. The molecule has 0 fully saturated rings. The van der Waals surface area contributed by atoms with Gasteiger partial charge in [-0.25, -0.2) is 4.79 Å². The smallest absolute Gasteiger partial charge is 0.337 e. The van der Waals surface area contributed by atoms with Gasteiger partial charge >= 0.3 is 5.97 Å². The van der Waals surface area contributed by atoms with Crippen LogP contribution in [0.15, 0.2) is 65.1 Å². The third-order valence-corrected chi connectivity index (χ3v) is 5.29. The van der Waals surface area contributed by atoms with E-state index in [0.717, 1.165) is 27.3 Å². The van der Waals surface area contributed by atoms with E-state index in [-0.39, 0.29) is 5.97 Å². The second-order valence-corrected chi connectivity index (χ2v) is 7.32. The number of hydrogen-bond acceptors (Lipinski definition) is 2. The monoisotopic (exact) mass is 407 g/mol. The van der Waals surface area contributed by atoms with Crippen LogP contribution in [0.25, 0.3) is 21.8 Å². The Labute approximate surface area is 160 Å². The van der Waals surface area contributed by atoms with Crippen LogP contribution in [-0.2, 0) is 11.3 Å². The lowest BCUT2D eigenvalue weighted by atomic mass is 10.1. The molecule has 26 heavy (non-hydrogen) atoms. The number of halogens is 1. The summed E-state index contributed by atoms with van der Waals surface area (Å²) >= 11 is 3.49. The van der Waals surface area contributed by atoms with Crippen LogP contribution in [0.3, 0.4) is 0 Å². The van der Waals surface area contributed by atoms with Crippen LogP contribution in [0.1, 0.15) is 21.5 Å². The number of ether oxygens (including phenoxy) is 1. The highest BCUT2D eigenvalue weighted by Crippen LogP contribution is 2.32. The minimum atomic E-state index is -0.312. The lowest BCUT2D eigenvalue weighted by Crippen LogP contribution is -2.02. The summed E-state index contributed by atoms with van der Waals surface area (Å²) in [5.41, 5.74) is 5.34.